The van der Waals surface area contributed by atoms with Gasteiger partial charge in [-0.25, -0.2) is 0 Å². The lowest BCUT2D eigenvalue weighted by atomic mass is 9.69. The van der Waals surface area contributed by atoms with Gasteiger partial charge in [0, 0.05) is 12.1 Å². The highest BCUT2D eigenvalue weighted by molar-refractivity contribution is 5.55. The van der Waals surface area contributed by atoms with Gasteiger partial charge in [0.15, 0.2) is 0 Å². The van der Waals surface area contributed by atoms with Gasteiger partial charge >= 0.3 is 0 Å². The van der Waals surface area contributed by atoms with Crippen LogP contribution in [0.1, 0.15) is 25.2 Å². The number of nitrogens with zero attached hydrogens (tertiary/aromatic N) is 2. The van der Waals surface area contributed by atoms with Crippen LogP contribution in [0, 0.1) is 0 Å². The summed E-state index contributed by atoms with van der Waals surface area (Å²) in [6, 6.07) is 7.60. The molecule has 0 saturated heterocycles. The topological polar surface area (TPSA) is 74.2 Å². The molecule has 0 radical (unpaired) electrons. The molecule has 100 valence electrons. The Morgan fingerprint density at radius 1 is 1.32 bits per heavy atom. The van der Waals surface area contributed by atoms with Crippen molar-refractivity contribution >= 4 is 0 Å². The zero-order valence-electron chi connectivity index (χ0n) is 10.9. The fourth-order valence-corrected chi connectivity index (χ4v) is 2.41. The summed E-state index contributed by atoms with van der Waals surface area (Å²) in [6.07, 6.45) is 3.25. The Bertz CT molecular complexity index is 553. The molecule has 0 amide bonds. The van der Waals surface area contributed by atoms with Crippen LogP contribution in [-0.4, -0.2) is 23.8 Å². The summed E-state index contributed by atoms with van der Waals surface area (Å²) < 4.78 is 10.5. The van der Waals surface area contributed by atoms with Crippen molar-refractivity contribution in [2.75, 3.05) is 13.7 Å². The van der Waals surface area contributed by atoms with Crippen molar-refractivity contribution in [2.24, 2.45) is 5.73 Å². The van der Waals surface area contributed by atoms with E-state index < -0.39 is 0 Å². The lowest BCUT2D eigenvalue weighted by Gasteiger charge is -2.36. The number of rotatable bonds is 4. The number of methoxy groups -OCH3 is 1. The minimum Gasteiger partial charge on any atom is -0.497 e. The van der Waals surface area contributed by atoms with Crippen molar-refractivity contribution in [3.63, 3.8) is 0 Å². The Hall–Kier alpha value is -1.88. The molecule has 1 aliphatic rings. The number of hydrogen-bond acceptors (Lipinski definition) is 5. The zero-order chi connectivity index (χ0) is 13.3. The molecule has 1 fully saturated rings. The number of benzene rings is 1. The maximum absolute atomic E-state index is 5.84. The largest absolute Gasteiger partial charge is 0.497 e. The van der Waals surface area contributed by atoms with Crippen LogP contribution in [0.2, 0.25) is 0 Å². The molecule has 0 bridgehead atoms. The van der Waals surface area contributed by atoms with E-state index in [-0.39, 0.29) is 5.41 Å². The highest BCUT2D eigenvalue weighted by Gasteiger charge is 2.42. The Labute approximate surface area is 111 Å². The van der Waals surface area contributed by atoms with Gasteiger partial charge in [-0.2, -0.15) is 4.98 Å². The van der Waals surface area contributed by atoms with Crippen LogP contribution in [0.3, 0.4) is 0 Å². The molecule has 2 aromatic rings. The lowest BCUT2D eigenvalue weighted by Crippen LogP contribution is -2.41. The monoisotopic (exact) mass is 259 g/mol. The molecule has 5 heteroatoms. The second kappa shape index (κ2) is 4.66. The van der Waals surface area contributed by atoms with Crippen LogP contribution < -0.4 is 10.5 Å². The minimum atomic E-state index is -0.0856. The highest BCUT2D eigenvalue weighted by atomic mass is 16.5. The van der Waals surface area contributed by atoms with Gasteiger partial charge in [0.05, 0.1) is 12.5 Å². The van der Waals surface area contributed by atoms with Gasteiger partial charge in [-0.3, -0.25) is 0 Å². The van der Waals surface area contributed by atoms with E-state index in [2.05, 4.69) is 10.1 Å². The molecule has 0 spiro atoms. The van der Waals surface area contributed by atoms with Crippen LogP contribution in [0.25, 0.3) is 11.4 Å². The summed E-state index contributed by atoms with van der Waals surface area (Å²) in [4.78, 5) is 4.50. The summed E-state index contributed by atoms with van der Waals surface area (Å²) in [5.41, 5.74) is 6.68. The van der Waals surface area contributed by atoms with Crippen LogP contribution in [-0.2, 0) is 5.41 Å². The van der Waals surface area contributed by atoms with Gasteiger partial charge in [0.25, 0.3) is 0 Å². The standard InChI is InChI=1S/C14H17N3O2/c1-18-11-5-3-10(4-6-11)12-16-13(19-17-12)14(9-15)7-2-8-14/h3-6H,2,7-9,15H2,1H3. The van der Waals surface area contributed by atoms with Gasteiger partial charge in [0.1, 0.15) is 5.75 Å². The lowest BCUT2D eigenvalue weighted by molar-refractivity contribution is 0.182. The average molecular weight is 259 g/mol. The molecule has 2 N–H and O–H groups in total. The van der Waals surface area contributed by atoms with Gasteiger partial charge in [-0.05, 0) is 37.1 Å². The van der Waals surface area contributed by atoms with E-state index in [4.69, 9.17) is 15.0 Å². The zero-order valence-corrected chi connectivity index (χ0v) is 10.9. The third kappa shape index (κ3) is 2.00. The third-order valence-corrected chi connectivity index (χ3v) is 3.93. The SMILES string of the molecule is COc1ccc(-c2noc(C3(CN)CCC3)n2)cc1. The van der Waals surface area contributed by atoms with E-state index in [1.807, 2.05) is 24.3 Å². The van der Waals surface area contributed by atoms with Crippen molar-refractivity contribution in [1.82, 2.24) is 10.1 Å². The first-order valence-electron chi connectivity index (χ1n) is 6.46. The molecule has 0 atom stereocenters. The molecule has 1 heterocycles. The molecule has 1 aliphatic carbocycles. The van der Waals surface area contributed by atoms with Crippen LogP contribution in [0.5, 0.6) is 5.75 Å². The first-order valence-corrected chi connectivity index (χ1v) is 6.46. The summed E-state index contributed by atoms with van der Waals surface area (Å²) >= 11 is 0. The first kappa shape index (κ1) is 12.2. The van der Waals surface area contributed by atoms with Gasteiger partial charge in [-0.15, -0.1) is 0 Å². The van der Waals surface area contributed by atoms with Gasteiger partial charge in [-0.1, -0.05) is 11.6 Å². The van der Waals surface area contributed by atoms with Crippen LogP contribution in [0.15, 0.2) is 28.8 Å². The average Bonchev–Trinajstić information content (AvgIpc) is 2.88. The smallest absolute Gasteiger partial charge is 0.234 e. The molecule has 0 unspecified atom stereocenters. The van der Waals surface area contributed by atoms with Crippen molar-refractivity contribution in [2.45, 2.75) is 24.7 Å². The Kier molecular flexibility index (Phi) is 2.98. The van der Waals surface area contributed by atoms with Crippen molar-refractivity contribution in [3.8, 4) is 17.1 Å². The fourth-order valence-electron chi connectivity index (χ4n) is 2.41. The highest BCUT2D eigenvalue weighted by Crippen LogP contribution is 2.42. The van der Waals surface area contributed by atoms with E-state index in [1.54, 1.807) is 7.11 Å². The van der Waals surface area contributed by atoms with Gasteiger partial charge < -0.3 is 15.0 Å². The fraction of sp³-hybridized carbons (Fsp3) is 0.429. The van der Waals surface area contributed by atoms with Crippen LogP contribution >= 0.6 is 0 Å². The second-order valence-electron chi connectivity index (χ2n) is 4.99. The molecule has 19 heavy (non-hydrogen) atoms. The summed E-state index contributed by atoms with van der Waals surface area (Å²) in [7, 11) is 1.64. The predicted molar refractivity (Wildman–Crippen MR) is 70.9 cm³/mol. The summed E-state index contributed by atoms with van der Waals surface area (Å²) in [6.45, 7) is 0.567. The first-order chi connectivity index (χ1) is 9.27. The number of nitrogens with two attached hydrogens (primary N) is 1. The van der Waals surface area contributed by atoms with Gasteiger partial charge in [0.2, 0.25) is 11.7 Å². The maximum Gasteiger partial charge on any atom is 0.234 e. The van der Waals surface area contributed by atoms with E-state index in [0.29, 0.717) is 18.3 Å². The van der Waals surface area contributed by atoms with E-state index in [1.165, 1.54) is 6.42 Å². The Balaban J connectivity index is 1.88. The van der Waals surface area contributed by atoms with Crippen molar-refractivity contribution in [1.29, 1.82) is 0 Å². The van der Waals surface area contributed by atoms with E-state index in [9.17, 15) is 0 Å². The minimum absolute atomic E-state index is 0.0856. The number of ether oxygens (including phenoxy) is 1. The molecule has 1 aromatic heterocycles. The molecule has 1 saturated carbocycles. The maximum atomic E-state index is 5.84. The molecule has 5 nitrogen and oxygen atoms in total. The Morgan fingerprint density at radius 3 is 2.58 bits per heavy atom. The third-order valence-electron chi connectivity index (χ3n) is 3.93. The Morgan fingerprint density at radius 2 is 2.05 bits per heavy atom. The molecular formula is C14H17N3O2. The molecule has 1 aromatic carbocycles. The number of aromatic nitrogens is 2. The van der Waals surface area contributed by atoms with E-state index >= 15 is 0 Å². The van der Waals surface area contributed by atoms with Crippen molar-refractivity contribution < 1.29 is 9.26 Å². The second-order valence-corrected chi connectivity index (χ2v) is 4.99. The van der Waals surface area contributed by atoms with Crippen molar-refractivity contribution in [3.05, 3.63) is 30.2 Å². The van der Waals surface area contributed by atoms with Crippen LogP contribution in [0.4, 0.5) is 0 Å². The quantitative estimate of drug-likeness (QED) is 0.910. The number of hydrogen-bond donors (Lipinski definition) is 1. The summed E-state index contributed by atoms with van der Waals surface area (Å²) in [5.74, 6) is 2.09. The van der Waals surface area contributed by atoms with E-state index in [0.717, 1.165) is 24.2 Å². The normalized spacial score (nSPS) is 16.9. The molecular weight excluding hydrogens is 242 g/mol. The predicted octanol–water partition coefficient (Wildman–Crippen LogP) is 2.13. The molecule has 3 rings (SSSR count). The molecule has 0 aliphatic heterocycles. The summed E-state index contributed by atoms with van der Waals surface area (Å²) in [5, 5.41) is 4.06.